The molecule has 3 heterocycles. The summed E-state index contributed by atoms with van der Waals surface area (Å²) in [5, 5.41) is 7.05. The highest BCUT2D eigenvalue weighted by Gasteiger charge is 2.24. The molecule has 1 amide bonds. The molecule has 1 aromatic carbocycles. The minimum Gasteiger partial charge on any atom is -0.488 e. The Kier molecular flexibility index (Phi) is 7.44. The van der Waals surface area contributed by atoms with Crippen LogP contribution < -0.4 is 26.7 Å². The lowest BCUT2D eigenvalue weighted by molar-refractivity contribution is -0.113. The minimum absolute atomic E-state index is 0.0580. The van der Waals surface area contributed by atoms with E-state index in [1.165, 1.54) is 28.6 Å². The van der Waals surface area contributed by atoms with Gasteiger partial charge in [0.2, 0.25) is 5.91 Å². The summed E-state index contributed by atoms with van der Waals surface area (Å²) in [6.07, 6.45) is 6.74. The molecule has 0 bridgehead atoms. The molecule has 0 radical (unpaired) electrons. The summed E-state index contributed by atoms with van der Waals surface area (Å²) in [4.78, 5) is 37.0. The van der Waals surface area contributed by atoms with E-state index in [0.29, 0.717) is 41.8 Å². The Morgan fingerprint density at radius 1 is 1.19 bits per heavy atom. The van der Waals surface area contributed by atoms with Gasteiger partial charge in [-0.15, -0.1) is 0 Å². The fraction of sp³-hybridized carbons (Fsp3) is 0.458. The maximum Gasteiger partial charge on any atom is 0.269 e. The number of ether oxygens (including phenoxy) is 1. The van der Waals surface area contributed by atoms with Crippen LogP contribution in [0.4, 0.5) is 10.2 Å². The average molecular weight is 514 g/mol. The molecule has 2 aliphatic rings. The van der Waals surface area contributed by atoms with Crippen molar-refractivity contribution in [2.45, 2.75) is 49.8 Å². The molecule has 1 fully saturated rings. The first kappa shape index (κ1) is 24.6. The van der Waals surface area contributed by atoms with E-state index in [-0.39, 0.29) is 36.2 Å². The molecule has 4 N–H and O–H groups in total. The molecule has 2 aromatic heterocycles. The predicted octanol–water partition coefficient (Wildman–Crippen LogP) is 2.06. The standard InChI is InChI=1S/C24H28FN7O3S/c25-17-5-6-18-21(32(8-7-26)20(34)11-28-18)22(17)35-12-14-1-3-15(4-2-14)27-9-16-10-29-24-23(30-16)31-19(33)13-36-24/h5-6,10-11,14-15,27H,1-4,7-9,12-13,26H2,(H,30,31,33)/t14-,15-. The van der Waals surface area contributed by atoms with Crippen LogP contribution in [-0.4, -0.2) is 50.4 Å². The number of nitrogens with one attached hydrogen (secondary N) is 2. The van der Waals surface area contributed by atoms with Crippen LogP contribution in [0.5, 0.6) is 5.75 Å². The number of carbonyl (C=O) groups excluding carboxylic acids is 1. The number of rotatable bonds is 8. The molecule has 1 saturated carbocycles. The Bertz CT molecular complexity index is 1330. The number of anilines is 1. The molecule has 0 saturated heterocycles. The van der Waals surface area contributed by atoms with Crippen molar-refractivity contribution in [1.29, 1.82) is 0 Å². The van der Waals surface area contributed by atoms with E-state index < -0.39 is 5.82 Å². The van der Waals surface area contributed by atoms with Gasteiger partial charge in [0.05, 0.1) is 36.0 Å². The second-order valence-corrected chi connectivity index (χ2v) is 10.0. The molecule has 0 spiro atoms. The number of carbonyl (C=O) groups is 1. The SMILES string of the molecule is NCCn1c(=O)cnc2ccc(F)c(OC[C@H]3CC[C@H](NCc4cnc5c(n4)NC(=O)CS5)CC3)c21. The Balaban J connectivity index is 1.17. The van der Waals surface area contributed by atoms with Gasteiger partial charge in [0.15, 0.2) is 17.4 Å². The first-order chi connectivity index (χ1) is 17.5. The number of nitrogens with two attached hydrogens (primary N) is 1. The quantitative estimate of drug-likeness (QED) is 0.413. The van der Waals surface area contributed by atoms with Crippen LogP contribution in [0.25, 0.3) is 11.0 Å². The second-order valence-electron chi connectivity index (χ2n) is 9.04. The van der Waals surface area contributed by atoms with Crippen LogP contribution in [-0.2, 0) is 17.9 Å². The fourth-order valence-corrected chi connectivity index (χ4v) is 5.37. The van der Waals surface area contributed by atoms with Gasteiger partial charge in [-0.1, -0.05) is 11.8 Å². The minimum atomic E-state index is -0.517. The van der Waals surface area contributed by atoms with Crippen LogP contribution in [0.3, 0.4) is 0 Å². The summed E-state index contributed by atoms with van der Waals surface area (Å²) >= 11 is 1.39. The van der Waals surface area contributed by atoms with Crippen LogP contribution in [0.15, 0.2) is 34.3 Å². The Labute approximate surface area is 211 Å². The number of thioether (sulfide) groups is 1. The van der Waals surface area contributed by atoms with Crippen molar-refractivity contribution in [3.05, 3.63) is 46.4 Å². The van der Waals surface area contributed by atoms with Crippen molar-refractivity contribution >= 4 is 34.5 Å². The number of hydrogen-bond acceptors (Lipinski definition) is 9. The summed E-state index contributed by atoms with van der Waals surface area (Å²) in [5.74, 6) is 0.655. The monoisotopic (exact) mass is 513 g/mol. The summed E-state index contributed by atoms with van der Waals surface area (Å²) < 4.78 is 22.1. The van der Waals surface area contributed by atoms with Crippen molar-refractivity contribution in [3.63, 3.8) is 0 Å². The molecule has 3 aromatic rings. The van der Waals surface area contributed by atoms with Gasteiger partial charge in [0, 0.05) is 25.7 Å². The predicted molar refractivity (Wildman–Crippen MR) is 134 cm³/mol. The van der Waals surface area contributed by atoms with Gasteiger partial charge in [-0.2, -0.15) is 0 Å². The number of aromatic nitrogens is 4. The zero-order valence-corrected chi connectivity index (χ0v) is 20.5. The zero-order chi connectivity index (χ0) is 25.1. The average Bonchev–Trinajstić information content (AvgIpc) is 2.89. The summed E-state index contributed by atoms with van der Waals surface area (Å²) in [6, 6.07) is 3.19. The maximum atomic E-state index is 14.7. The molecule has 36 heavy (non-hydrogen) atoms. The first-order valence-corrected chi connectivity index (χ1v) is 13.0. The largest absolute Gasteiger partial charge is 0.488 e. The van der Waals surface area contributed by atoms with Crippen LogP contribution in [0.1, 0.15) is 31.4 Å². The van der Waals surface area contributed by atoms with Gasteiger partial charge in [0.1, 0.15) is 10.5 Å². The summed E-state index contributed by atoms with van der Waals surface area (Å²) in [7, 11) is 0. The second kappa shape index (κ2) is 10.9. The lowest BCUT2D eigenvalue weighted by atomic mass is 9.86. The van der Waals surface area contributed by atoms with Crippen LogP contribution >= 0.6 is 11.8 Å². The Morgan fingerprint density at radius 2 is 2.03 bits per heavy atom. The fourth-order valence-electron chi connectivity index (χ4n) is 4.67. The molecule has 12 heteroatoms. The molecule has 10 nitrogen and oxygen atoms in total. The van der Waals surface area contributed by atoms with Crippen molar-refractivity contribution < 1.29 is 13.9 Å². The van der Waals surface area contributed by atoms with Gasteiger partial charge in [-0.05, 0) is 43.7 Å². The highest BCUT2D eigenvalue weighted by molar-refractivity contribution is 8.00. The van der Waals surface area contributed by atoms with E-state index in [0.717, 1.165) is 36.4 Å². The molecule has 1 aliphatic carbocycles. The van der Waals surface area contributed by atoms with Gasteiger partial charge < -0.3 is 25.7 Å². The first-order valence-electron chi connectivity index (χ1n) is 12.0. The summed E-state index contributed by atoms with van der Waals surface area (Å²) in [5.41, 5.74) is 6.96. The molecule has 1 aliphatic heterocycles. The molecular formula is C24H28FN7O3S. The zero-order valence-electron chi connectivity index (χ0n) is 19.7. The van der Waals surface area contributed by atoms with Crippen molar-refractivity contribution in [3.8, 4) is 5.75 Å². The van der Waals surface area contributed by atoms with E-state index in [1.807, 2.05) is 0 Å². The van der Waals surface area contributed by atoms with Crippen molar-refractivity contribution in [2.24, 2.45) is 11.7 Å². The maximum absolute atomic E-state index is 14.7. The van der Waals surface area contributed by atoms with E-state index in [2.05, 4.69) is 25.6 Å². The Hall–Kier alpha value is -3.09. The smallest absolute Gasteiger partial charge is 0.269 e. The number of hydrogen-bond donors (Lipinski definition) is 3. The van der Waals surface area contributed by atoms with Gasteiger partial charge in [-0.3, -0.25) is 9.59 Å². The van der Waals surface area contributed by atoms with Crippen molar-refractivity contribution in [2.75, 3.05) is 24.2 Å². The van der Waals surface area contributed by atoms with Gasteiger partial charge in [0.25, 0.3) is 5.56 Å². The van der Waals surface area contributed by atoms with Gasteiger partial charge in [-0.25, -0.2) is 19.3 Å². The lowest BCUT2D eigenvalue weighted by Crippen LogP contribution is -2.34. The lowest BCUT2D eigenvalue weighted by Gasteiger charge is -2.29. The van der Waals surface area contributed by atoms with Crippen LogP contribution in [0.2, 0.25) is 0 Å². The summed E-state index contributed by atoms with van der Waals surface area (Å²) in [6.45, 7) is 1.44. The van der Waals surface area contributed by atoms with Crippen LogP contribution in [0, 0.1) is 11.7 Å². The Morgan fingerprint density at radius 3 is 2.83 bits per heavy atom. The van der Waals surface area contributed by atoms with Crippen molar-refractivity contribution in [1.82, 2.24) is 24.8 Å². The number of fused-ring (bicyclic) bond motifs is 2. The van der Waals surface area contributed by atoms with E-state index in [9.17, 15) is 14.0 Å². The molecule has 0 atom stereocenters. The van der Waals surface area contributed by atoms with E-state index >= 15 is 0 Å². The molecule has 190 valence electrons. The third-order valence-electron chi connectivity index (χ3n) is 6.53. The molecule has 0 unspecified atom stereocenters. The molecule has 5 rings (SSSR count). The number of halogens is 1. The van der Waals surface area contributed by atoms with Gasteiger partial charge >= 0.3 is 0 Å². The third kappa shape index (κ3) is 5.35. The van der Waals surface area contributed by atoms with E-state index in [4.69, 9.17) is 10.5 Å². The molecular weight excluding hydrogens is 485 g/mol. The number of nitrogens with zero attached hydrogens (tertiary/aromatic N) is 4. The number of amides is 1. The highest BCUT2D eigenvalue weighted by atomic mass is 32.2. The number of benzene rings is 1. The highest BCUT2D eigenvalue weighted by Crippen LogP contribution is 2.31. The topological polar surface area (TPSA) is 137 Å². The van der Waals surface area contributed by atoms with E-state index in [1.54, 1.807) is 12.3 Å². The third-order valence-corrected chi connectivity index (χ3v) is 7.51. The normalized spacial score (nSPS) is 19.7.